The van der Waals surface area contributed by atoms with E-state index in [1.54, 1.807) is 33.8 Å². The first-order chi connectivity index (χ1) is 8.49. The third kappa shape index (κ3) is 4.90. The molecule has 0 saturated carbocycles. The molecule has 0 aliphatic carbocycles. The summed E-state index contributed by atoms with van der Waals surface area (Å²) in [5.74, 6) is 0. The minimum atomic E-state index is -3.31. The van der Waals surface area contributed by atoms with E-state index in [1.165, 1.54) is 12.1 Å². The van der Waals surface area contributed by atoms with E-state index < -0.39 is 21.5 Å². The van der Waals surface area contributed by atoms with Gasteiger partial charge in [0.05, 0.1) is 4.90 Å². The van der Waals surface area contributed by atoms with Crippen molar-refractivity contribution >= 4 is 21.6 Å². The molecule has 19 heavy (non-hydrogen) atoms. The van der Waals surface area contributed by atoms with Crippen molar-refractivity contribution in [2.75, 3.05) is 11.6 Å². The van der Waals surface area contributed by atoms with Gasteiger partial charge in [0.15, 0.2) is 9.84 Å². The van der Waals surface area contributed by atoms with Gasteiger partial charge < -0.3 is 4.74 Å². The maximum Gasteiger partial charge on any atom is 0.412 e. The normalized spacial score (nSPS) is 12.1. The number of benzene rings is 1. The molecule has 1 rings (SSSR count). The fraction of sp³-hybridized carbons (Fsp3) is 0.462. The summed E-state index contributed by atoms with van der Waals surface area (Å²) in [6, 6.07) is 4.57. The first-order valence-electron chi connectivity index (χ1n) is 5.80. The van der Waals surface area contributed by atoms with E-state index in [-0.39, 0.29) is 4.90 Å². The molecule has 6 heteroatoms. The quantitative estimate of drug-likeness (QED) is 0.906. The Balaban J connectivity index is 2.99. The van der Waals surface area contributed by atoms with Gasteiger partial charge in [-0.25, -0.2) is 13.2 Å². The van der Waals surface area contributed by atoms with Gasteiger partial charge in [0.25, 0.3) is 0 Å². The van der Waals surface area contributed by atoms with Crippen molar-refractivity contribution in [1.82, 2.24) is 0 Å². The fourth-order valence-electron chi connectivity index (χ4n) is 1.38. The molecule has 0 saturated heterocycles. The summed E-state index contributed by atoms with van der Waals surface area (Å²) in [4.78, 5) is 11.8. The molecule has 106 valence electrons. The maximum atomic E-state index is 11.7. The largest absolute Gasteiger partial charge is 0.444 e. The molecule has 0 bridgehead atoms. The van der Waals surface area contributed by atoms with E-state index in [1.807, 2.05) is 0 Å². The molecule has 0 aliphatic heterocycles. The summed E-state index contributed by atoms with van der Waals surface area (Å²) in [6.45, 7) is 7.05. The highest BCUT2D eigenvalue weighted by Gasteiger charge is 2.17. The highest BCUT2D eigenvalue weighted by atomic mass is 32.2. The molecule has 1 aromatic carbocycles. The molecule has 0 fully saturated rings. The predicted octanol–water partition coefficient (Wildman–Crippen LogP) is 2.75. The van der Waals surface area contributed by atoms with Crippen LogP contribution in [0.15, 0.2) is 23.1 Å². The number of anilines is 1. The van der Waals surface area contributed by atoms with E-state index in [0.717, 1.165) is 11.8 Å². The highest BCUT2D eigenvalue weighted by Crippen LogP contribution is 2.21. The summed E-state index contributed by atoms with van der Waals surface area (Å²) >= 11 is 0. The van der Waals surface area contributed by atoms with Crippen LogP contribution in [0.1, 0.15) is 26.3 Å². The van der Waals surface area contributed by atoms with E-state index >= 15 is 0 Å². The van der Waals surface area contributed by atoms with Gasteiger partial charge in [0, 0.05) is 11.9 Å². The molecule has 0 aromatic heterocycles. The monoisotopic (exact) mass is 285 g/mol. The van der Waals surface area contributed by atoms with Crippen LogP contribution >= 0.6 is 0 Å². The molecule has 0 radical (unpaired) electrons. The lowest BCUT2D eigenvalue weighted by atomic mass is 10.2. The number of hydrogen-bond donors (Lipinski definition) is 1. The number of carbonyl (C=O) groups excluding carboxylic acids is 1. The van der Waals surface area contributed by atoms with Crippen molar-refractivity contribution in [2.24, 2.45) is 0 Å². The lowest BCUT2D eigenvalue weighted by Gasteiger charge is -2.20. The van der Waals surface area contributed by atoms with Crippen molar-refractivity contribution in [3.05, 3.63) is 23.8 Å². The molecular weight excluding hydrogens is 266 g/mol. The summed E-state index contributed by atoms with van der Waals surface area (Å²) in [5, 5.41) is 2.55. The van der Waals surface area contributed by atoms with Gasteiger partial charge in [-0.3, -0.25) is 5.32 Å². The van der Waals surface area contributed by atoms with Crippen molar-refractivity contribution in [3.63, 3.8) is 0 Å². The Morgan fingerprint density at radius 3 is 2.32 bits per heavy atom. The third-order valence-electron chi connectivity index (χ3n) is 2.27. The standard InChI is InChI=1S/C13H19NO4S/c1-9-6-7-10(19(5,16)17)8-11(9)14-12(15)18-13(2,3)4/h6-8H,1-5H3,(H,14,15). The average Bonchev–Trinajstić information content (AvgIpc) is 2.16. The van der Waals surface area contributed by atoms with Crippen LogP contribution < -0.4 is 5.32 Å². The molecule has 0 heterocycles. The topological polar surface area (TPSA) is 72.5 Å². The van der Waals surface area contributed by atoms with Crippen molar-refractivity contribution < 1.29 is 17.9 Å². The molecule has 1 N–H and O–H groups in total. The second-order valence-corrected chi connectivity index (χ2v) is 7.39. The lowest BCUT2D eigenvalue weighted by molar-refractivity contribution is 0.0635. The number of rotatable bonds is 2. The van der Waals surface area contributed by atoms with Crippen LogP contribution in [0.2, 0.25) is 0 Å². The molecule has 0 spiro atoms. The number of nitrogens with one attached hydrogen (secondary N) is 1. The zero-order valence-electron chi connectivity index (χ0n) is 11.8. The first kappa shape index (κ1) is 15.5. The second kappa shape index (κ2) is 5.21. The Labute approximate surface area is 113 Å². The molecule has 1 aromatic rings. The van der Waals surface area contributed by atoms with Crippen LogP contribution in [0.4, 0.5) is 10.5 Å². The lowest BCUT2D eigenvalue weighted by Crippen LogP contribution is -2.27. The second-order valence-electron chi connectivity index (χ2n) is 5.38. The van der Waals surface area contributed by atoms with Crippen molar-refractivity contribution in [1.29, 1.82) is 0 Å². The number of sulfone groups is 1. The van der Waals surface area contributed by atoms with Crippen LogP contribution in [0, 0.1) is 6.92 Å². The summed E-state index contributed by atoms with van der Waals surface area (Å²) in [6.07, 6.45) is 0.510. The molecule has 0 aliphatic rings. The van der Waals surface area contributed by atoms with Gasteiger partial charge in [-0.1, -0.05) is 6.07 Å². The van der Waals surface area contributed by atoms with E-state index in [9.17, 15) is 13.2 Å². The molecule has 0 atom stereocenters. The summed E-state index contributed by atoms with van der Waals surface area (Å²) in [5.41, 5.74) is 0.585. The van der Waals surface area contributed by atoms with E-state index in [2.05, 4.69) is 5.32 Å². The minimum absolute atomic E-state index is 0.157. The first-order valence-corrected chi connectivity index (χ1v) is 7.69. The molecule has 0 unspecified atom stereocenters. The van der Waals surface area contributed by atoms with E-state index in [0.29, 0.717) is 5.69 Å². The molecule has 1 amide bonds. The van der Waals surface area contributed by atoms with Crippen LogP contribution in [0.25, 0.3) is 0 Å². The number of ether oxygens (including phenoxy) is 1. The van der Waals surface area contributed by atoms with Crippen LogP contribution in [-0.4, -0.2) is 26.4 Å². The summed E-state index contributed by atoms with van der Waals surface area (Å²) in [7, 11) is -3.31. The fourth-order valence-corrected chi connectivity index (χ4v) is 2.03. The Morgan fingerprint density at radius 2 is 1.84 bits per heavy atom. The molecular formula is C13H19NO4S. The van der Waals surface area contributed by atoms with Crippen LogP contribution in [0.3, 0.4) is 0 Å². The van der Waals surface area contributed by atoms with Crippen molar-refractivity contribution in [2.45, 2.75) is 38.2 Å². The zero-order valence-corrected chi connectivity index (χ0v) is 12.6. The van der Waals surface area contributed by atoms with Gasteiger partial charge in [-0.2, -0.15) is 0 Å². The van der Waals surface area contributed by atoms with Gasteiger partial charge in [-0.05, 0) is 45.4 Å². The van der Waals surface area contributed by atoms with Crippen molar-refractivity contribution in [3.8, 4) is 0 Å². The Kier molecular flexibility index (Phi) is 4.25. The van der Waals surface area contributed by atoms with Gasteiger partial charge in [-0.15, -0.1) is 0 Å². The zero-order chi connectivity index (χ0) is 14.8. The number of aryl methyl sites for hydroxylation is 1. The molecule has 5 nitrogen and oxygen atoms in total. The maximum absolute atomic E-state index is 11.7. The van der Waals surface area contributed by atoms with Gasteiger partial charge in [0.1, 0.15) is 5.60 Å². The smallest absolute Gasteiger partial charge is 0.412 e. The summed E-state index contributed by atoms with van der Waals surface area (Å²) < 4.78 is 28.1. The Hall–Kier alpha value is -1.56. The minimum Gasteiger partial charge on any atom is -0.444 e. The third-order valence-corrected chi connectivity index (χ3v) is 3.38. The van der Waals surface area contributed by atoms with Crippen LogP contribution in [-0.2, 0) is 14.6 Å². The Bertz CT molecular complexity index is 585. The Morgan fingerprint density at radius 1 is 1.26 bits per heavy atom. The van der Waals surface area contributed by atoms with Gasteiger partial charge in [0.2, 0.25) is 0 Å². The van der Waals surface area contributed by atoms with Gasteiger partial charge >= 0.3 is 6.09 Å². The van der Waals surface area contributed by atoms with Crippen LogP contribution in [0.5, 0.6) is 0 Å². The SMILES string of the molecule is Cc1ccc(S(C)(=O)=O)cc1NC(=O)OC(C)(C)C. The predicted molar refractivity (Wildman–Crippen MR) is 74.1 cm³/mol. The number of carbonyl (C=O) groups is 1. The highest BCUT2D eigenvalue weighted by molar-refractivity contribution is 7.90. The average molecular weight is 285 g/mol. The van der Waals surface area contributed by atoms with E-state index in [4.69, 9.17) is 4.74 Å². The number of amides is 1. The number of hydrogen-bond acceptors (Lipinski definition) is 4.